The van der Waals surface area contributed by atoms with E-state index in [4.69, 9.17) is 4.74 Å². The summed E-state index contributed by atoms with van der Waals surface area (Å²) < 4.78 is 5.20. The molecule has 0 spiro atoms. The van der Waals surface area contributed by atoms with Gasteiger partial charge in [0.05, 0.1) is 13.1 Å². The van der Waals surface area contributed by atoms with E-state index in [2.05, 4.69) is 5.32 Å². The zero-order chi connectivity index (χ0) is 21.5. The average molecular weight is 400 g/mol. The minimum absolute atomic E-state index is 0.0524. The number of methoxy groups -OCH3 is 1. The van der Waals surface area contributed by atoms with Crippen molar-refractivity contribution in [3.05, 3.63) is 94.5 Å². The summed E-state index contributed by atoms with van der Waals surface area (Å²) >= 11 is 0. The molecule has 0 fully saturated rings. The Balaban J connectivity index is 1.92. The van der Waals surface area contributed by atoms with E-state index in [1.807, 2.05) is 0 Å². The predicted molar refractivity (Wildman–Crippen MR) is 109 cm³/mol. The van der Waals surface area contributed by atoms with E-state index in [1.54, 1.807) is 61.5 Å². The van der Waals surface area contributed by atoms with Crippen LogP contribution in [0, 0.1) is 6.92 Å². The Morgan fingerprint density at radius 3 is 2.07 bits per heavy atom. The molecule has 0 atom stereocenters. The maximum atomic E-state index is 13.6. The van der Waals surface area contributed by atoms with Crippen LogP contribution in [0.25, 0.3) is 0 Å². The highest BCUT2D eigenvalue weighted by atomic mass is 16.5. The summed E-state index contributed by atoms with van der Waals surface area (Å²) in [5, 5.41) is 14.4. The molecule has 0 aromatic heterocycles. The van der Waals surface area contributed by atoms with E-state index in [9.17, 15) is 19.5 Å². The first kappa shape index (κ1) is 19.4. The lowest BCUT2D eigenvalue weighted by Gasteiger charge is -2.30. The normalized spacial score (nSPS) is 14.3. The fourth-order valence-corrected chi connectivity index (χ4v) is 3.76. The molecule has 4 rings (SSSR count). The van der Waals surface area contributed by atoms with Gasteiger partial charge in [-0.2, -0.15) is 0 Å². The second-order valence-electron chi connectivity index (χ2n) is 7.12. The lowest BCUT2D eigenvalue weighted by Crippen LogP contribution is -2.46. The van der Waals surface area contributed by atoms with Gasteiger partial charge in [-0.05, 0) is 41.8 Å². The summed E-state index contributed by atoms with van der Waals surface area (Å²) in [5.74, 6) is -1.55. The number of Topliss-reactive ketones (excluding diaryl/α,β-unsaturated/α-hetero) is 2. The molecule has 0 aliphatic heterocycles. The van der Waals surface area contributed by atoms with E-state index >= 15 is 0 Å². The van der Waals surface area contributed by atoms with Crippen LogP contribution in [0.3, 0.4) is 0 Å². The standard InChI is InChI=1S/C24H19NO5/c1-14-7-8-15(23(28)29)13-20(14)25-24(16-9-11-17(30-2)12-10-16)21(26)18-5-3-4-6-19(18)22(24)27/h3-13,25H,1-2H3,(H,28,29)/p-1. The van der Waals surface area contributed by atoms with Crippen LogP contribution in [0.5, 0.6) is 5.75 Å². The molecular formula is C24H18NO5-. The third-order valence-electron chi connectivity index (χ3n) is 5.42. The molecule has 0 saturated heterocycles. The van der Waals surface area contributed by atoms with Gasteiger partial charge in [0.25, 0.3) is 0 Å². The van der Waals surface area contributed by atoms with Gasteiger partial charge in [-0.1, -0.05) is 48.5 Å². The van der Waals surface area contributed by atoms with Crippen molar-refractivity contribution in [2.45, 2.75) is 12.5 Å². The number of aryl methyl sites for hydroxylation is 1. The van der Waals surface area contributed by atoms with Gasteiger partial charge in [-0.15, -0.1) is 0 Å². The number of carboxylic acids is 1. The highest BCUT2D eigenvalue weighted by Gasteiger charge is 2.54. The van der Waals surface area contributed by atoms with Crippen LogP contribution in [0.2, 0.25) is 0 Å². The number of aromatic carboxylic acids is 1. The van der Waals surface area contributed by atoms with E-state index in [-0.39, 0.29) is 5.56 Å². The van der Waals surface area contributed by atoms with Crippen molar-refractivity contribution in [1.29, 1.82) is 0 Å². The maximum Gasteiger partial charge on any atom is 0.201 e. The third kappa shape index (κ3) is 2.85. The van der Waals surface area contributed by atoms with Gasteiger partial charge in [-0.25, -0.2) is 0 Å². The Morgan fingerprint density at radius 2 is 1.53 bits per heavy atom. The fourth-order valence-electron chi connectivity index (χ4n) is 3.76. The molecule has 0 unspecified atom stereocenters. The van der Waals surface area contributed by atoms with Gasteiger partial charge in [0.1, 0.15) is 5.75 Å². The molecular weight excluding hydrogens is 382 g/mol. The number of carbonyl (C=O) groups excluding carboxylic acids is 3. The van der Waals surface area contributed by atoms with E-state index in [0.717, 1.165) is 0 Å². The highest BCUT2D eigenvalue weighted by Crippen LogP contribution is 2.41. The molecule has 1 aliphatic carbocycles. The molecule has 150 valence electrons. The number of hydrogen-bond acceptors (Lipinski definition) is 6. The summed E-state index contributed by atoms with van der Waals surface area (Å²) in [6.45, 7) is 1.76. The van der Waals surface area contributed by atoms with Gasteiger partial charge in [0, 0.05) is 16.8 Å². The Bertz CT molecular complexity index is 1150. The zero-order valence-corrected chi connectivity index (χ0v) is 16.4. The lowest BCUT2D eigenvalue weighted by molar-refractivity contribution is -0.255. The minimum atomic E-state index is -1.72. The zero-order valence-electron chi connectivity index (χ0n) is 16.4. The molecule has 30 heavy (non-hydrogen) atoms. The van der Waals surface area contributed by atoms with Crippen LogP contribution in [0.4, 0.5) is 5.69 Å². The van der Waals surface area contributed by atoms with Crippen molar-refractivity contribution < 1.29 is 24.2 Å². The second-order valence-corrected chi connectivity index (χ2v) is 7.12. The van der Waals surface area contributed by atoms with E-state index in [1.165, 1.54) is 19.2 Å². The molecule has 0 saturated carbocycles. The molecule has 0 bridgehead atoms. The van der Waals surface area contributed by atoms with Crippen molar-refractivity contribution in [3.8, 4) is 5.75 Å². The Morgan fingerprint density at radius 1 is 0.933 bits per heavy atom. The fraction of sp³-hybridized carbons (Fsp3) is 0.125. The summed E-state index contributed by atoms with van der Waals surface area (Å²) in [7, 11) is 1.53. The first-order valence-corrected chi connectivity index (χ1v) is 9.32. The Hall–Kier alpha value is -3.93. The monoisotopic (exact) mass is 400 g/mol. The summed E-state index contributed by atoms with van der Waals surface area (Å²) in [6.07, 6.45) is 0. The predicted octanol–water partition coefficient (Wildman–Crippen LogP) is 2.75. The van der Waals surface area contributed by atoms with Crippen LogP contribution in [0.15, 0.2) is 66.7 Å². The quantitative estimate of drug-likeness (QED) is 0.662. The molecule has 1 aliphatic rings. The van der Waals surface area contributed by atoms with Crippen LogP contribution >= 0.6 is 0 Å². The lowest BCUT2D eigenvalue weighted by atomic mass is 9.84. The Kier molecular flexibility index (Phi) is 4.62. The summed E-state index contributed by atoms with van der Waals surface area (Å²) in [6, 6.07) is 17.7. The topological polar surface area (TPSA) is 95.5 Å². The van der Waals surface area contributed by atoms with Gasteiger partial charge in [-0.3, -0.25) is 9.59 Å². The first-order valence-electron chi connectivity index (χ1n) is 9.32. The number of hydrogen-bond donors (Lipinski definition) is 1. The molecule has 3 aromatic rings. The average Bonchev–Trinajstić information content (AvgIpc) is 2.98. The van der Waals surface area contributed by atoms with Crippen molar-refractivity contribution in [2.24, 2.45) is 0 Å². The number of ether oxygens (including phenoxy) is 1. The number of carbonyl (C=O) groups is 3. The number of nitrogens with one attached hydrogen (secondary N) is 1. The second kappa shape index (κ2) is 7.15. The Labute approximate surface area is 173 Å². The minimum Gasteiger partial charge on any atom is -0.545 e. The number of ketones is 2. The number of anilines is 1. The smallest absolute Gasteiger partial charge is 0.201 e. The van der Waals surface area contributed by atoms with Crippen LogP contribution in [-0.2, 0) is 5.54 Å². The number of carboxylic acid groups (broad SMARTS) is 1. The van der Waals surface area contributed by atoms with Crippen molar-refractivity contribution in [3.63, 3.8) is 0 Å². The van der Waals surface area contributed by atoms with E-state index in [0.29, 0.717) is 33.7 Å². The number of fused-ring (bicyclic) bond motifs is 1. The van der Waals surface area contributed by atoms with Gasteiger partial charge in [0.15, 0.2) is 5.54 Å². The van der Waals surface area contributed by atoms with Gasteiger partial charge < -0.3 is 20.0 Å². The van der Waals surface area contributed by atoms with Crippen LogP contribution < -0.4 is 15.2 Å². The van der Waals surface area contributed by atoms with E-state index < -0.39 is 23.1 Å². The van der Waals surface area contributed by atoms with Gasteiger partial charge in [0.2, 0.25) is 11.6 Å². The maximum absolute atomic E-state index is 13.6. The summed E-state index contributed by atoms with van der Waals surface area (Å²) in [5.41, 5.74) is 0.354. The van der Waals surface area contributed by atoms with Crippen LogP contribution in [0.1, 0.15) is 42.2 Å². The molecule has 3 aromatic carbocycles. The summed E-state index contributed by atoms with van der Waals surface area (Å²) in [4.78, 5) is 38.5. The van der Waals surface area contributed by atoms with Crippen molar-refractivity contribution in [1.82, 2.24) is 0 Å². The van der Waals surface area contributed by atoms with Gasteiger partial charge >= 0.3 is 0 Å². The first-order chi connectivity index (χ1) is 14.4. The SMILES string of the molecule is COc1ccc(C2(Nc3cc(C(=O)[O-])ccc3C)C(=O)c3ccccc3C2=O)cc1. The van der Waals surface area contributed by atoms with Crippen LogP contribution in [-0.4, -0.2) is 24.6 Å². The van der Waals surface area contributed by atoms with Crippen molar-refractivity contribution in [2.75, 3.05) is 12.4 Å². The number of benzene rings is 3. The molecule has 6 heteroatoms. The molecule has 0 heterocycles. The largest absolute Gasteiger partial charge is 0.545 e. The number of rotatable bonds is 5. The third-order valence-corrected chi connectivity index (χ3v) is 5.42. The van der Waals surface area contributed by atoms with Crippen molar-refractivity contribution >= 4 is 23.2 Å². The molecule has 1 N–H and O–H groups in total. The molecule has 0 radical (unpaired) electrons. The highest BCUT2D eigenvalue weighted by molar-refractivity contribution is 6.34. The molecule has 0 amide bonds. The molecule has 6 nitrogen and oxygen atoms in total.